The standard InChI is InChI=1S/C21H25F2N5O3/c22-16-3-1-14(9-17(16)23)10-18(27-20(29)13-28-5-7-31-8-6-28)21(30)26-12-15-2-4-19(24)25-11-15/h1-4,9,11,18H,5-8,10,12-13H2,(H2,24,25)(H,26,30)(H,27,29)/t18-/m0/s1. The van der Waals surface area contributed by atoms with Crippen molar-refractivity contribution in [2.45, 2.75) is 19.0 Å². The molecule has 0 radical (unpaired) electrons. The van der Waals surface area contributed by atoms with E-state index in [9.17, 15) is 18.4 Å². The largest absolute Gasteiger partial charge is 0.384 e. The summed E-state index contributed by atoms with van der Waals surface area (Å²) in [5, 5.41) is 5.44. The van der Waals surface area contributed by atoms with Crippen molar-refractivity contribution in [3.63, 3.8) is 0 Å². The van der Waals surface area contributed by atoms with Crippen molar-refractivity contribution in [1.82, 2.24) is 20.5 Å². The highest BCUT2D eigenvalue weighted by Gasteiger charge is 2.23. The van der Waals surface area contributed by atoms with Gasteiger partial charge in [-0.05, 0) is 29.3 Å². The summed E-state index contributed by atoms with van der Waals surface area (Å²) in [6.45, 7) is 2.63. The average molecular weight is 433 g/mol. The number of aromatic nitrogens is 1. The number of anilines is 1. The molecule has 4 N–H and O–H groups in total. The van der Waals surface area contributed by atoms with Gasteiger partial charge in [-0.15, -0.1) is 0 Å². The monoisotopic (exact) mass is 433 g/mol. The summed E-state index contributed by atoms with van der Waals surface area (Å²) in [6, 6.07) is 5.79. The van der Waals surface area contributed by atoms with E-state index in [2.05, 4.69) is 15.6 Å². The Morgan fingerprint density at radius 2 is 1.87 bits per heavy atom. The predicted molar refractivity (Wildman–Crippen MR) is 110 cm³/mol. The zero-order chi connectivity index (χ0) is 22.2. The van der Waals surface area contributed by atoms with Gasteiger partial charge in [0.25, 0.3) is 0 Å². The number of morpholine rings is 1. The highest BCUT2D eigenvalue weighted by atomic mass is 19.2. The van der Waals surface area contributed by atoms with E-state index >= 15 is 0 Å². The fourth-order valence-corrected chi connectivity index (χ4v) is 3.17. The van der Waals surface area contributed by atoms with Crippen molar-refractivity contribution in [2.24, 2.45) is 0 Å². The number of nitrogens with one attached hydrogen (secondary N) is 2. The summed E-state index contributed by atoms with van der Waals surface area (Å²) in [5.41, 5.74) is 6.68. The highest BCUT2D eigenvalue weighted by molar-refractivity contribution is 5.88. The number of hydrogen-bond donors (Lipinski definition) is 3. The van der Waals surface area contributed by atoms with E-state index in [1.165, 1.54) is 12.3 Å². The number of benzene rings is 1. The van der Waals surface area contributed by atoms with Crippen LogP contribution in [0.1, 0.15) is 11.1 Å². The fraction of sp³-hybridized carbons (Fsp3) is 0.381. The van der Waals surface area contributed by atoms with Crippen molar-refractivity contribution >= 4 is 17.6 Å². The molecule has 0 spiro atoms. The quantitative estimate of drug-likeness (QED) is 0.563. The normalized spacial score (nSPS) is 15.3. The van der Waals surface area contributed by atoms with Gasteiger partial charge in [0, 0.05) is 32.3 Å². The van der Waals surface area contributed by atoms with Crippen molar-refractivity contribution in [2.75, 3.05) is 38.6 Å². The van der Waals surface area contributed by atoms with Crippen LogP contribution in [-0.4, -0.2) is 60.6 Å². The van der Waals surface area contributed by atoms with E-state index in [0.717, 1.165) is 17.7 Å². The highest BCUT2D eigenvalue weighted by Crippen LogP contribution is 2.11. The molecule has 0 aliphatic carbocycles. The maximum absolute atomic E-state index is 13.6. The Kier molecular flexibility index (Phi) is 7.85. The Hall–Kier alpha value is -3.11. The van der Waals surface area contributed by atoms with Crippen molar-refractivity contribution in [3.05, 3.63) is 59.3 Å². The minimum Gasteiger partial charge on any atom is -0.384 e. The van der Waals surface area contributed by atoms with Crippen LogP contribution in [0.4, 0.5) is 14.6 Å². The molecule has 8 nitrogen and oxygen atoms in total. The Balaban J connectivity index is 1.65. The molecular formula is C21H25F2N5O3. The van der Waals surface area contributed by atoms with Crippen LogP contribution in [0.5, 0.6) is 0 Å². The number of nitrogen functional groups attached to an aromatic ring is 1. The lowest BCUT2D eigenvalue weighted by molar-refractivity contribution is -0.130. The lowest BCUT2D eigenvalue weighted by atomic mass is 10.0. The zero-order valence-corrected chi connectivity index (χ0v) is 16.9. The van der Waals surface area contributed by atoms with Crippen LogP contribution in [0, 0.1) is 11.6 Å². The number of hydrogen-bond acceptors (Lipinski definition) is 6. The SMILES string of the molecule is Nc1ccc(CNC(=O)[C@H](Cc2ccc(F)c(F)c2)NC(=O)CN2CCOCC2)cn1. The smallest absolute Gasteiger partial charge is 0.243 e. The molecule has 10 heteroatoms. The summed E-state index contributed by atoms with van der Waals surface area (Å²) < 4.78 is 32.1. The number of pyridine rings is 1. The number of nitrogens with two attached hydrogens (primary N) is 1. The maximum atomic E-state index is 13.6. The van der Waals surface area contributed by atoms with Crippen LogP contribution in [-0.2, 0) is 27.3 Å². The first kappa shape index (κ1) is 22.6. The molecule has 0 bridgehead atoms. The minimum atomic E-state index is -1.01. The number of carbonyl (C=O) groups excluding carboxylic acids is 2. The molecule has 1 aromatic heterocycles. The number of amides is 2. The van der Waals surface area contributed by atoms with Crippen LogP contribution in [0.2, 0.25) is 0 Å². The van der Waals surface area contributed by atoms with E-state index in [1.807, 2.05) is 4.90 Å². The maximum Gasteiger partial charge on any atom is 0.243 e. The molecule has 1 aliphatic rings. The molecule has 31 heavy (non-hydrogen) atoms. The van der Waals surface area contributed by atoms with Gasteiger partial charge in [0.1, 0.15) is 11.9 Å². The Bertz CT molecular complexity index is 904. The van der Waals surface area contributed by atoms with Gasteiger partial charge in [-0.1, -0.05) is 12.1 Å². The van der Waals surface area contributed by atoms with Gasteiger partial charge >= 0.3 is 0 Å². The molecule has 0 unspecified atom stereocenters. The van der Waals surface area contributed by atoms with Gasteiger partial charge in [0.15, 0.2) is 11.6 Å². The van der Waals surface area contributed by atoms with Crippen LogP contribution in [0.25, 0.3) is 0 Å². The van der Waals surface area contributed by atoms with Crippen molar-refractivity contribution < 1.29 is 23.1 Å². The van der Waals surface area contributed by atoms with Crippen LogP contribution in [0.3, 0.4) is 0 Å². The van der Waals surface area contributed by atoms with Gasteiger partial charge in [-0.25, -0.2) is 13.8 Å². The third kappa shape index (κ3) is 6.97. The third-order valence-electron chi connectivity index (χ3n) is 4.86. The number of rotatable bonds is 8. The Labute approximate surface area is 178 Å². The number of halogens is 2. The van der Waals surface area contributed by atoms with Crippen molar-refractivity contribution in [1.29, 1.82) is 0 Å². The van der Waals surface area contributed by atoms with Gasteiger partial charge in [0.05, 0.1) is 19.8 Å². The molecule has 1 saturated heterocycles. The summed E-state index contributed by atoms with van der Waals surface area (Å²) in [7, 11) is 0. The molecule has 3 rings (SSSR count). The fourth-order valence-electron chi connectivity index (χ4n) is 3.17. The molecule has 2 heterocycles. The summed E-state index contributed by atoms with van der Waals surface area (Å²) >= 11 is 0. The second-order valence-electron chi connectivity index (χ2n) is 7.27. The van der Waals surface area contributed by atoms with Gasteiger partial charge in [-0.3, -0.25) is 14.5 Å². The minimum absolute atomic E-state index is 0.0118. The van der Waals surface area contributed by atoms with Gasteiger partial charge < -0.3 is 21.1 Å². The van der Waals surface area contributed by atoms with E-state index in [0.29, 0.717) is 37.7 Å². The predicted octanol–water partition coefficient (Wildman–Crippen LogP) is 0.618. The second-order valence-corrected chi connectivity index (χ2v) is 7.27. The Morgan fingerprint density at radius 3 is 2.55 bits per heavy atom. The topological polar surface area (TPSA) is 110 Å². The molecule has 1 aliphatic heterocycles. The number of carbonyl (C=O) groups is 2. The zero-order valence-electron chi connectivity index (χ0n) is 16.9. The van der Waals surface area contributed by atoms with E-state index in [-0.39, 0.29) is 25.4 Å². The molecule has 0 saturated carbocycles. The molecular weight excluding hydrogens is 408 g/mol. The van der Waals surface area contributed by atoms with Crippen molar-refractivity contribution in [3.8, 4) is 0 Å². The lowest BCUT2D eigenvalue weighted by Gasteiger charge is -2.27. The summed E-state index contributed by atoms with van der Waals surface area (Å²) in [5.74, 6) is -2.40. The summed E-state index contributed by atoms with van der Waals surface area (Å²) in [4.78, 5) is 31.2. The number of ether oxygens (including phenoxy) is 1. The molecule has 1 atom stereocenters. The first-order chi connectivity index (χ1) is 14.9. The van der Waals surface area contributed by atoms with E-state index in [1.54, 1.807) is 12.1 Å². The third-order valence-corrected chi connectivity index (χ3v) is 4.86. The average Bonchev–Trinajstić information content (AvgIpc) is 2.76. The Morgan fingerprint density at radius 1 is 1.13 bits per heavy atom. The second kappa shape index (κ2) is 10.8. The molecule has 1 aromatic carbocycles. The lowest BCUT2D eigenvalue weighted by Crippen LogP contribution is -2.51. The van der Waals surface area contributed by atoms with Gasteiger partial charge in [-0.2, -0.15) is 0 Å². The van der Waals surface area contributed by atoms with Gasteiger partial charge in [0.2, 0.25) is 11.8 Å². The summed E-state index contributed by atoms with van der Waals surface area (Å²) in [6.07, 6.45) is 1.55. The number of nitrogens with zero attached hydrogens (tertiary/aromatic N) is 2. The van der Waals surface area contributed by atoms with Crippen LogP contribution < -0.4 is 16.4 Å². The molecule has 166 valence electrons. The van der Waals surface area contributed by atoms with E-state index in [4.69, 9.17) is 10.5 Å². The van der Waals surface area contributed by atoms with Crippen LogP contribution in [0.15, 0.2) is 36.5 Å². The molecule has 2 aromatic rings. The van der Waals surface area contributed by atoms with E-state index < -0.39 is 23.6 Å². The molecule has 2 amide bonds. The molecule has 1 fully saturated rings. The first-order valence-corrected chi connectivity index (χ1v) is 9.92. The van der Waals surface area contributed by atoms with Crippen LogP contribution >= 0.6 is 0 Å². The first-order valence-electron chi connectivity index (χ1n) is 9.92.